The minimum Gasteiger partial charge on any atom is -0.0616 e. The molecule has 0 heterocycles. The smallest absolute Gasteiger partial charge is 0.00990 e. The minimum absolute atomic E-state index is 1.24. The molecule has 0 amide bonds. The maximum atomic E-state index is 2.40. The Bertz CT molecular complexity index is 1010. The topological polar surface area (TPSA) is 0 Å². The molecule has 0 saturated heterocycles. The van der Waals surface area contributed by atoms with Crippen molar-refractivity contribution in [1.82, 2.24) is 0 Å². The van der Waals surface area contributed by atoms with E-state index >= 15 is 0 Å². The molecule has 1 aliphatic rings. The van der Waals surface area contributed by atoms with Gasteiger partial charge in [0.2, 0.25) is 0 Å². The number of fused-ring (bicyclic) bond motifs is 6. The van der Waals surface area contributed by atoms with E-state index in [9.17, 15) is 0 Å². The Morgan fingerprint density at radius 1 is 0.571 bits per heavy atom. The Labute approximate surface area is 124 Å². The van der Waals surface area contributed by atoms with E-state index in [1.165, 1.54) is 51.6 Å². The first-order chi connectivity index (χ1) is 10.4. The third kappa shape index (κ3) is 1.56. The summed E-state index contributed by atoms with van der Waals surface area (Å²) < 4.78 is 0. The third-order valence-electron chi connectivity index (χ3n) is 4.96. The zero-order valence-electron chi connectivity index (χ0n) is 11.9. The van der Waals surface area contributed by atoms with Crippen LogP contribution in [0.5, 0.6) is 0 Å². The van der Waals surface area contributed by atoms with Crippen molar-refractivity contribution in [3.8, 4) is 0 Å². The van der Waals surface area contributed by atoms with Crippen LogP contribution in [0.2, 0.25) is 0 Å². The van der Waals surface area contributed by atoms with Gasteiger partial charge in [-0.3, -0.25) is 0 Å². The molecule has 0 nitrogen and oxygen atoms in total. The van der Waals surface area contributed by atoms with Crippen LogP contribution in [0.25, 0.3) is 32.3 Å². The van der Waals surface area contributed by atoms with Crippen molar-refractivity contribution in [3.63, 3.8) is 0 Å². The average Bonchev–Trinajstić information content (AvgIpc) is 3.02. The van der Waals surface area contributed by atoms with Crippen molar-refractivity contribution in [2.45, 2.75) is 19.3 Å². The van der Waals surface area contributed by atoms with Gasteiger partial charge in [0, 0.05) is 0 Å². The average molecular weight is 268 g/mol. The lowest BCUT2D eigenvalue weighted by Gasteiger charge is -2.09. The second kappa shape index (κ2) is 4.08. The van der Waals surface area contributed by atoms with Crippen molar-refractivity contribution < 1.29 is 0 Å². The van der Waals surface area contributed by atoms with Gasteiger partial charge in [-0.05, 0) is 74.8 Å². The van der Waals surface area contributed by atoms with Crippen LogP contribution >= 0.6 is 0 Å². The van der Waals surface area contributed by atoms with E-state index in [1.54, 1.807) is 11.1 Å². The molecule has 0 radical (unpaired) electrons. The fraction of sp³-hybridized carbons (Fsp3) is 0.143. The third-order valence-corrected chi connectivity index (χ3v) is 4.96. The lowest BCUT2D eigenvalue weighted by Crippen LogP contribution is -1.86. The molecule has 21 heavy (non-hydrogen) atoms. The van der Waals surface area contributed by atoms with Crippen LogP contribution in [-0.2, 0) is 12.8 Å². The molecule has 0 aromatic heterocycles. The molecule has 0 heteroatoms. The molecule has 5 rings (SSSR count). The molecule has 0 spiro atoms. The van der Waals surface area contributed by atoms with Gasteiger partial charge in [0.25, 0.3) is 0 Å². The van der Waals surface area contributed by atoms with Gasteiger partial charge in [-0.2, -0.15) is 0 Å². The van der Waals surface area contributed by atoms with Gasteiger partial charge in [-0.15, -0.1) is 0 Å². The van der Waals surface area contributed by atoms with Crippen LogP contribution in [0.4, 0.5) is 0 Å². The van der Waals surface area contributed by atoms with Crippen molar-refractivity contribution in [3.05, 3.63) is 71.8 Å². The Hall–Kier alpha value is -2.34. The highest BCUT2D eigenvalue weighted by molar-refractivity contribution is 6.12. The van der Waals surface area contributed by atoms with E-state index < -0.39 is 0 Å². The molecular formula is C21H16. The summed E-state index contributed by atoms with van der Waals surface area (Å²) in [5.41, 5.74) is 3.14. The van der Waals surface area contributed by atoms with E-state index in [0.717, 1.165) is 0 Å². The highest BCUT2D eigenvalue weighted by Crippen LogP contribution is 2.34. The molecule has 0 saturated carbocycles. The van der Waals surface area contributed by atoms with Crippen LogP contribution in [0.3, 0.4) is 0 Å². The van der Waals surface area contributed by atoms with Gasteiger partial charge in [0.1, 0.15) is 0 Å². The standard InChI is InChI=1S/C21H16/c1-2-6-18-14(4-1)8-10-16-13-21-17(12-20(16)18)11-9-15-5-3-7-19(15)21/h1-2,4,6,8-13H,3,5,7H2. The van der Waals surface area contributed by atoms with Gasteiger partial charge >= 0.3 is 0 Å². The maximum Gasteiger partial charge on any atom is -0.00990 e. The summed E-state index contributed by atoms with van der Waals surface area (Å²) >= 11 is 0. The van der Waals surface area contributed by atoms with Gasteiger partial charge in [0.15, 0.2) is 0 Å². The fourth-order valence-corrected chi connectivity index (χ4v) is 3.92. The number of hydrogen-bond donors (Lipinski definition) is 0. The molecule has 0 atom stereocenters. The molecule has 100 valence electrons. The first kappa shape index (κ1) is 11.3. The molecule has 4 aromatic rings. The fourth-order valence-electron chi connectivity index (χ4n) is 3.92. The number of hydrogen-bond acceptors (Lipinski definition) is 0. The predicted molar refractivity (Wildman–Crippen MR) is 91.0 cm³/mol. The van der Waals surface area contributed by atoms with Gasteiger partial charge < -0.3 is 0 Å². The molecule has 0 N–H and O–H groups in total. The van der Waals surface area contributed by atoms with Crippen molar-refractivity contribution >= 4 is 32.3 Å². The van der Waals surface area contributed by atoms with Crippen LogP contribution in [-0.4, -0.2) is 0 Å². The zero-order valence-corrected chi connectivity index (χ0v) is 11.9. The van der Waals surface area contributed by atoms with Crippen molar-refractivity contribution in [1.29, 1.82) is 0 Å². The Morgan fingerprint density at radius 2 is 1.33 bits per heavy atom. The second-order valence-electron chi connectivity index (χ2n) is 6.14. The summed E-state index contributed by atoms with van der Waals surface area (Å²) in [7, 11) is 0. The van der Waals surface area contributed by atoms with Crippen LogP contribution in [0.15, 0.2) is 60.7 Å². The second-order valence-corrected chi connectivity index (χ2v) is 6.14. The first-order valence-corrected chi connectivity index (χ1v) is 7.76. The summed E-state index contributed by atoms with van der Waals surface area (Å²) in [5.74, 6) is 0. The number of benzene rings is 4. The lowest BCUT2D eigenvalue weighted by molar-refractivity contribution is 0.913. The van der Waals surface area contributed by atoms with Gasteiger partial charge in [-0.25, -0.2) is 0 Å². The summed E-state index contributed by atoms with van der Waals surface area (Å²) in [6.07, 6.45) is 3.80. The van der Waals surface area contributed by atoms with E-state index in [2.05, 4.69) is 60.7 Å². The highest BCUT2D eigenvalue weighted by atomic mass is 14.2. The van der Waals surface area contributed by atoms with E-state index in [1.807, 2.05) is 0 Å². The van der Waals surface area contributed by atoms with E-state index in [4.69, 9.17) is 0 Å². The Kier molecular flexibility index (Phi) is 2.20. The molecule has 0 fully saturated rings. The molecule has 4 aromatic carbocycles. The Balaban J connectivity index is 1.97. The van der Waals surface area contributed by atoms with Crippen LogP contribution < -0.4 is 0 Å². The van der Waals surface area contributed by atoms with Gasteiger partial charge in [0.05, 0.1) is 0 Å². The predicted octanol–water partition coefficient (Wildman–Crippen LogP) is 5.63. The summed E-state index contributed by atoms with van der Waals surface area (Å²) in [6, 6.07) is 22.6. The molecule has 0 bridgehead atoms. The summed E-state index contributed by atoms with van der Waals surface area (Å²) in [5, 5.41) is 8.27. The van der Waals surface area contributed by atoms with Gasteiger partial charge in [-0.1, -0.05) is 48.5 Å². The number of aryl methyl sites for hydroxylation is 2. The largest absolute Gasteiger partial charge is 0.0616 e. The lowest BCUT2D eigenvalue weighted by atomic mass is 9.95. The normalized spacial score (nSPS) is 14.1. The summed E-state index contributed by atoms with van der Waals surface area (Å²) in [4.78, 5) is 0. The van der Waals surface area contributed by atoms with E-state index in [-0.39, 0.29) is 0 Å². The zero-order chi connectivity index (χ0) is 13.8. The monoisotopic (exact) mass is 268 g/mol. The van der Waals surface area contributed by atoms with Crippen molar-refractivity contribution in [2.75, 3.05) is 0 Å². The first-order valence-electron chi connectivity index (χ1n) is 7.76. The quantitative estimate of drug-likeness (QED) is 0.286. The summed E-state index contributed by atoms with van der Waals surface area (Å²) in [6.45, 7) is 0. The molecule has 1 aliphatic carbocycles. The molecule has 0 aliphatic heterocycles. The molecular weight excluding hydrogens is 252 g/mol. The van der Waals surface area contributed by atoms with Crippen molar-refractivity contribution in [2.24, 2.45) is 0 Å². The van der Waals surface area contributed by atoms with E-state index in [0.29, 0.717) is 0 Å². The highest BCUT2D eigenvalue weighted by Gasteiger charge is 2.14. The Morgan fingerprint density at radius 3 is 2.33 bits per heavy atom. The SMILES string of the molecule is c1ccc2c(c1)ccc1cc3c4c(ccc3cc12)CCC4. The maximum absolute atomic E-state index is 2.40. The van der Waals surface area contributed by atoms with Crippen LogP contribution in [0, 0.1) is 0 Å². The van der Waals surface area contributed by atoms with Crippen LogP contribution in [0.1, 0.15) is 17.5 Å². The molecule has 0 unspecified atom stereocenters. The number of rotatable bonds is 0. The minimum atomic E-state index is 1.24.